The third kappa shape index (κ3) is 5.26. The standard InChI is InChI=1S/C15H16F4NO4PS/c1-3-22-25(21,23-4-2)13(16)14-20-12(9-26-14)10-5-7-11(8-6-10)24-15(17,18)19/h5-9,13H,3-4H2,1-2H3. The van der Waals surface area contributed by atoms with E-state index in [4.69, 9.17) is 9.05 Å². The van der Waals surface area contributed by atoms with Gasteiger partial charge in [0, 0.05) is 10.9 Å². The minimum Gasteiger partial charge on any atom is -0.406 e. The van der Waals surface area contributed by atoms with Crippen molar-refractivity contribution in [2.45, 2.75) is 26.1 Å². The maximum Gasteiger partial charge on any atom is 0.573 e. The summed E-state index contributed by atoms with van der Waals surface area (Å²) in [7, 11) is -4.01. The highest BCUT2D eigenvalue weighted by atomic mass is 32.1. The lowest BCUT2D eigenvalue weighted by Gasteiger charge is -2.18. The molecule has 1 heterocycles. The normalized spacial score (nSPS) is 13.6. The summed E-state index contributed by atoms with van der Waals surface area (Å²) in [6, 6.07) is 4.97. The van der Waals surface area contributed by atoms with Crippen molar-refractivity contribution in [3.8, 4) is 17.0 Å². The molecule has 0 spiro atoms. The van der Waals surface area contributed by atoms with E-state index in [0.29, 0.717) is 11.3 Å². The van der Waals surface area contributed by atoms with Gasteiger partial charge in [0.15, 0.2) is 0 Å². The first kappa shape index (κ1) is 20.8. The number of thiazole rings is 1. The van der Waals surface area contributed by atoms with E-state index >= 15 is 0 Å². The molecule has 0 N–H and O–H groups in total. The van der Waals surface area contributed by atoms with Crippen molar-refractivity contribution in [3.05, 3.63) is 34.7 Å². The first-order valence-corrected chi connectivity index (χ1v) is 10.0. The Morgan fingerprint density at radius 3 is 2.23 bits per heavy atom. The van der Waals surface area contributed by atoms with Crippen LogP contribution in [0.5, 0.6) is 5.75 Å². The first-order chi connectivity index (χ1) is 12.2. The zero-order valence-corrected chi connectivity index (χ0v) is 15.5. The number of ether oxygens (including phenoxy) is 1. The third-order valence-corrected chi connectivity index (χ3v) is 6.10. The Kier molecular flexibility index (Phi) is 6.79. The summed E-state index contributed by atoms with van der Waals surface area (Å²) in [5.74, 6) is -2.42. The molecule has 0 amide bonds. The minimum absolute atomic E-state index is 0.0105. The molecular formula is C15H16F4NO4PS. The van der Waals surface area contributed by atoms with Crippen molar-refractivity contribution in [2.75, 3.05) is 13.2 Å². The smallest absolute Gasteiger partial charge is 0.406 e. The lowest BCUT2D eigenvalue weighted by Crippen LogP contribution is -2.16. The predicted octanol–water partition coefficient (Wildman–Crippen LogP) is 5.94. The van der Waals surface area contributed by atoms with Crippen molar-refractivity contribution >= 4 is 18.9 Å². The molecule has 1 atom stereocenters. The fourth-order valence-corrected chi connectivity index (χ4v) is 4.66. The van der Waals surface area contributed by atoms with Crippen LogP contribution < -0.4 is 4.74 Å². The Morgan fingerprint density at radius 1 is 1.15 bits per heavy atom. The second-order valence-corrected chi connectivity index (χ2v) is 7.79. The van der Waals surface area contributed by atoms with Crippen molar-refractivity contribution in [2.24, 2.45) is 0 Å². The van der Waals surface area contributed by atoms with Crippen LogP contribution in [0, 0.1) is 0 Å². The van der Waals surface area contributed by atoms with Crippen molar-refractivity contribution in [1.82, 2.24) is 4.98 Å². The maximum atomic E-state index is 14.6. The molecular weight excluding hydrogens is 397 g/mol. The number of benzene rings is 1. The van der Waals surface area contributed by atoms with Gasteiger partial charge in [-0.25, -0.2) is 9.37 Å². The summed E-state index contributed by atoms with van der Waals surface area (Å²) in [4.78, 5) is 4.06. The van der Waals surface area contributed by atoms with E-state index < -0.39 is 19.9 Å². The topological polar surface area (TPSA) is 57.7 Å². The van der Waals surface area contributed by atoms with Crippen LogP contribution in [0.3, 0.4) is 0 Å². The van der Waals surface area contributed by atoms with Gasteiger partial charge >= 0.3 is 14.0 Å². The van der Waals surface area contributed by atoms with Gasteiger partial charge in [0.25, 0.3) is 5.91 Å². The largest absolute Gasteiger partial charge is 0.573 e. The minimum atomic E-state index is -4.78. The highest BCUT2D eigenvalue weighted by Crippen LogP contribution is 2.62. The summed E-state index contributed by atoms with van der Waals surface area (Å²) in [6.07, 6.45) is -4.78. The van der Waals surface area contributed by atoms with E-state index in [0.717, 1.165) is 23.5 Å². The van der Waals surface area contributed by atoms with E-state index in [2.05, 4.69) is 9.72 Å². The highest BCUT2D eigenvalue weighted by molar-refractivity contribution is 7.54. The molecule has 1 unspecified atom stereocenters. The number of nitrogens with zero attached hydrogens (tertiary/aromatic N) is 1. The zero-order valence-electron chi connectivity index (χ0n) is 13.8. The third-order valence-electron chi connectivity index (χ3n) is 3.01. The number of rotatable bonds is 8. The van der Waals surface area contributed by atoms with Crippen molar-refractivity contribution in [1.29, 1.82) is 0 Å². The van der Waals surface area contributed by atoms with Gasteiger partial charge in [0.05, 0.1) is 18.9 Å². The molecule has 11 heteroatoms. The van der Waals surface area contributed by atoms with Crippen LogP contribution in [0.1, 0.15) is 24.8 Å². The average Bonchev–Trinajstić information content (AvgIpc) is 3.03. The van der Waals surface area contributed by atoms with Crippen LogP contribution >= 0.6 is 18.9 Å². The van der Waals surface area contributed by atoms with Crippen molar-refractivity contribution in [3.63, 3.8) is 0 Å². The number of hydrogen-bond acceptors (Lipinski definition) is 6. The maximum absolute atomic E-state index is 14.6. The van der Waals surface area contributed by atoms with Crippen LogP contribution in [0.4, 0.5) is 17.6 Å². The molecule has 2 aromatic rings. The monoisotopic (exact) mass is 413 g/mol. The lowest BCUT2D eigenvalue weighted by atomic mass is 10.2. The quantitative estimate of drug-likeness (QED) is 0.396. The molecule has 2 rings (SSSR count). The number of halogens is 4. The first-order valence-electron chi connectivity index (χ1n) is 7.53. The molecule has 144 valence electrons. The Labute approximate surface area is 151 Å². The van der Waals surface area contributed by atoms with E-state index in [1.54, 1.807) is 13.8 Å². The summed E-state index contributed by atoms with van der Waals surface area (Å²) >= 11 is 0.916. The van der Waals surface area contributed by atoms with Gasteiger partial charge < -0.3 is 13.8 Å². The van der Waals surface area contributed by atoms with Crippen LogP contribution in [0.25, 0.3) is 11.3 Å². The zero-order chi connectivity index (χ0) is 19.4. The summed E-state index contributed by atoms with van der Waals surface area (Å²) in [5, 5.41) is 1.41. The second kappa shape index (κ2) is 8.47. The summed E-state index contributed by atoms with van der Waals surface area (Å²) < 4.78 is 77.3. The van der Waals surface area contributed by atoms with Gasteiger partial charge in [-0.2, -0.15) is 0 Å². The molecule has 5 nitrogen and oxygen atoms in total. The van der Waals surface area contributed by atoms with E-state index in [1.807, 2.05) is 0 Å². The molecule has 0 bridgehead atoms. The van der Waals surface area contributed by atoms with Gasteiger partial charge in [0.2, 0.25) is 0 Å². The predicted molar refractivity (Wildman–Crippen MR) is 88.9 cm³/mol. The number of aromatic nitrogens is 1. The SMILES string of the molecule is CCOP(=O)(OCC)C(F)c1nc(-c2ccc(OC(F)(F)F)cc2)cs1. The highest BCUT2D eigenvalue weighted by Gasteiger charge is 2.39. The Balaban J connectivity index is 2.19. The molecule has 0 radical (unpaired) electrons. The molecule has 26 heavy (non-hydrogen) atoms. The molecule has 1 aromatic heterocycles. The molecule has 1 aromatic carbocycles. The Hall–Kier alpha value is -1.48. The van der Waals surface area contributed by atoms with Crippen LogP contribution in [-0.4, -0.2) is 24.6 Å². The lowest BCUT2D eigenvalue weighted by molar-refractivity contribution is -0.274. The number of hydrogen-bond donors (Lipinski definition) is 0. The molecule has 0 fully saturated rings. The van der Waals surface area contributed by atoms with Gasteiger partial charge in [-0.15, -0.1) is 24.5 Å². The van der Waals surface area contributed by atoms with Gasteiger partial charge in [-0.3, -0.25) is 4.57 Å². The number of alkyl halides is 4. The molecule has 0 saturated carbocycles. The van der Waals surface area contributed by atoms with Gasteiger partial charge in [-0.1, -0.05) is 0 Å². The molecule has 0 saturated heterocycles. The molecule has 0 aliphatic carbocycles. The second-order valence-electron chi connectivity index (χ2n) is 4.85. The van der Waals surface area contributed by atoms with Crippen LogP contribution in [-0.2, 0) is 13.6 Å². The fraction of sp³-hybridized carbons (Fsp3) is 0.400. The molecule has 0 aliphatic heterocycles. The average molecular weight is 413 g/mol. The van der Waals surface area contributed by atoms with Crippen LogP contribution in [0.2, 0.25) is 0 Å². The fourth-order valence-electron chi connectivity index (χ4n) is 2.02. The summed E-state index contributed by atoms with van der Waals surface area (Å²) in [5.41, 5.74) is 0.780. The van der Waals surface area contributed by atoms with Gasteiger partial charge in [-0.05, 0) is 38.1 Å². The van der Waals surface area contributed by atoms with E-state index in [1.165, 1.54) is 17.5 Å². The van der Waals surface area contributed by atoms with E-state index in [9.17, 15) is 22.1 Å². The molecule has 0 aliphatic rings. The Bertz CT molecular complexity index is 756. The summed E-state index contributed by atoms with van der Waals surface area (Å²) in [6.45, 7) is 3.15. The van der Waals surface area contributed by atoms with E-state index in [-0.39, 0.29) is 24.0 Å². The van der Waals surface area contributed by atoms with Crippen LogP contribution in [0.15, 0.2) is 29.6 Å². The Morgan fingerprint density at radius 2 is 1.73 bits per heavy atom. The van der Waals surface area contributed by atoms with Crippen molar-refractivity contribution < 1.29 is 35.9 Å². The van der Waals surface area contributed by atoms with Gasteiger partial charge in [0.1, 0.15) is 10.8 Å².